The molecule has 0 saturated heterocycles. The number of carbonyl (C=O) groups is 1. The van der Waals surface area contributed by atoms with E-state index in [9.17, 15) is 4.79 Å². The molecule has 4 nitrogen and oxygen atoms in total. The summed E-state index contributed by atoms with van der Waals surface area (Å²) in [6, 6.07) is 21.8. The third kappa shape index (κ3) is 3.60. The van der Waals surface area contributed by atoms with Crippen molar-refractivity contribution in [3.05, 3.63) is 107 Å². The minimum atomic E-state index is -0.105. The van der Waals surface area contributed by atoms with Gasteiger partial charge in [-0.25, -0.2) is 0 Å². The Morgan fingerprint density at radius 2 is 1.78 bits per heavy atom. The zero-order valence-corrected chi connectivity index (χ0v) is 18.0. The second-order valence-electron chi connectivity index (χ2n) is 7.84. The van der Waals surface area contributed by atoms with E-state index in [1.807, 2.05) is 86.9 Å². The van der Waals surface area contributed by atoms with Gasteiger partial charge in [-0.05, 0) is 42.8 Å². The first-order valence-electron chi connectivity index (χ1n) is 10.6. The fraction of sp³-hybridized carbons (Fsp3) is 0.107. The minimum Gasteiger partial charge on any atom is -0.489 e. The average molecular weight is 421 g/mol. The minimum absolute atomic E-state index is 0.105. The zero-order valence-electron chi connectivity index (χ0n) is 18.0. The normalized spacial score (nSPS) is 14.3. The highest BCUT2D eigenvalue weighted by molar-refractivity contribution is 6.15. The number of ether oxygens (including phenoxy) is 2. The number of carbonyl (C=O) groups excluding carboxylic acids is 1. The van der Waals surface area contributed by atoms with Gasteiger partial charge < -0.3 is 14.0 Å². The highest BCUT2D eigenvalue weighted by atomic mass is 16.5. The highest BCUT2D eigenvalue weighted by Crippen LogP contribution is 2.39. The van der Waals surface area contributed by atoms with Crippen LogP contribution in [-0.4, -0.2) is 17.0 Å². The van der Waals surface area contributed by atoms with Gasteiger partial charge in [-0.1, -0.05) is 54.6 Å². The molecule has 3 aromatic carbocycles. The number of hydrogen-bond donors (Lipinski definition) is 0. The molecule has 0 N–H and O–H groups in total. The molecule has 0 atom stereocenters. The number of ketones is 1. The second kappa shape index (κ2) is 8.23. The van der Waals surface area contributed by atoms with E-state index in [1.165, 1.54) is 0 Å². The van der Waals surface area contributed by atoms with E-state index in [2.05, 4.69) is 16.7 Å². The number of aryl methyl sites for hydroxylation is 1. The lowest BCUT2D eigenvalue weighted by Gasteiger charge is -2.10. The van der Waals surface area contributed by atoms with Crippen LogP contribution in [0.2, 0.25) is 0 Å². The fourth-order valence-corrected chi connectivity index (χ4v) is 4.04. The van der Waals surface area contributed by atoms with E-state index in [4.69, 9.17) is 9.47 Å². The van der Waals surface area contributed by atoms with E-state index in [1.54, 1.807) is 6.07 Å². The van der Waals surface area contributed by atoms with Gasteiger partial charge in [0.2, 0.25) is 5.78 Å². The van der Waals surface area contributed by atoms with Crippen LogP contribution in [0.15, 0.2) is 84.8 Å². The summed E-state index contributed by atoms with van der Waals surface area (Å²) in [5.41, 5.74) is 4.59. The number of rotatable bonds is 5. The maximum atomic E-state index is 13.0. The van der Waals surface area contributed by atoms with Crippen LogP contribution in [-0.2, 0) is 7.05 Å². The van der Waals surface area contributed by atoms with E-state index in [0.29, 0.717) is 29.4 Å². The molecular weight excluding hydrogens is 398 g/mol. The molecule has 2 heterocycles. The van der Waals surface area contributed by atoms with Gasteiger partial charge in [0.15, 0.2) is 5.76 Å². The number of fused-ring (bicyclic) bond motifs is 2. The second-order valence-corrected chi connectivity index (χ2v) is 7.84. The molecule has 4 aromatic rings. The van der Waals surface area contributed by atoms with Crippen LogP contribution in [0, 0.1) is 6.92 Å². The van der Waals surface area contributed by atoms with Crippen molar-refractivity contribution in [1.82, 2.24) is 4.57 Å². The van der Waals surface area contributed by atoms with Crippen LogP contribution in [0.25, 0.3) is 23.1 Å². The molecule has 0 radical (unpaired) electrons. The van der Waals surface area contributed by atoms with Gasteiger partial charge in [0, 0.05) is 35.3 Å². The van der Waals surface area contributed by atoms with Gasteiger partial charge in [0.25, 0.3) is 0 Å². The molecule has 0 spiro atoms. The molecule has 32 heavy (non-hydrogen) atoms. The lowest BCUT2D eigenvalue weighted by atomic mass is 10.1. The smallest absolute Gasteiger partial charge is 0.231 e. The maximum absolute atomic E-state index is 13.0. The average Bonchev–Trinajstić information content (AvgIpc) is 3.31. The molecule has 0 aliphatic carbocycles. The number of nitrogens with zero attached hydrogens (tertiary/aromatic N) is 1. The Morgan fingerprint density at radius 3 is 2.62 bits per heavy atom. The van der Waals surface area contributed by atoms with Gasteiger partial charge >= 0.3 is 0 Å². The third-order valence-corrected chi connectivity index (χ3v) is 5.70. The number of para-hydroxylation sites is 1. The Bertz CT molecular complexity index is 1380. The summed E-state index contributed by atoms with van der Waals surface area (Å²) in [6.45, 7) is 2.35. The molecule has 0 amide bonds. The van der Waals surface area contributed by atoms with Crippen LogP contribution in [0.3, 0.4) is 0 Å². The van der Waals surface area contributed by atoms with Gasteiger partial charge in [0.05, 0.1) is 5.56 Å². The number of hydrogen-bond acceptors (Lipinski definition) is 3. The number of Topliss-reactive ketones (excluding diaryl/α,β-unsaturated/α-hetero) is 1. The molecule has 1 aliphatic rings. The number of benzene rings is 3. The van der Waals surface area contributed by atoms with Crippen molar-refractivity contribution in [1.29, 1.82) is 0 Å². The molecule has 0 saturated carbocycles. The summed E-state index contributed by atoms with van der Waals surface area (Å²) in [5.74, 6) is 1.51. The summed E-state index contributed by atoms with van der Waals surface area (Å²) in [7, 11) is 2.00. The largest absolute Gasteiger partial charge is 0.489 e. The van der Waals surface area contributed by atoms with Crippen LogP contribution in [0.5, 0.6) is 11.5 Å². The molecule has 0 fully saturated rings. The molecule has 1 aliphatic heterocycles. The van der Waals surface area contributed by atoms with Crippen molar-refractivity contribution in [3.8, 4) is 11.5 Å². The zero-order chi connectivity index (χ0) is 22.1. The van der Waals surface area contributed by atoms with Crippen LogP contribution < -0.4 is 9.47 Å². The summed E-state index contributed by atoms with van der Waals surface area (Å²) in [6.07, 6.45) is 7.83. The van der Waals surface area contributed by atoms with Crippen LogP contribution in [0.4, 0.5) is 0 Å². The van der Waals surface area contributed by atoms with Gasteiger partial charge in [-0.3, -0.25) is 4.79 Å². The Hall–Kier alpha value is -4.05. The summed E-state index contributed by atoms with van der Waals surface area (Å²) >= 11 is 0. The van der Waals surface area contributed by atoms with E-state index in [0.717, 1.165) is 27.6 Å². The van der Waals surface area contributed by atoms with Crippen molar-refractivity contribution in [2.24, 2.45) is 7.05 Å². The van der Waals surface area contributed by atoms with E-state index < -0.39 is 0 Å². The molecule has 0 bridgehead atoms. The summed E-state index contributed by atoms with van der Waals surface area (Å²) in [5, 5.41) is 1.08. The lowest BCUT2D eigenvalue weighted by Crippen LogP contribution is -1.98. The molecule has 0 unspecified atom stereocenters. The monoisotopic (exact) mass is 421 g/mol. The van der Waals surface area contributed by atoms with Gasteiger partial charge in [-0.2, -0.15) is 0 Å². The fourth-order valence-electron chi connectivity index (χ4n) is 4.04. The molecular formula is C28H23NO3. The SMILES string of the molecule is Cc1c(OCC=Cc2ccccc2)ccc2c1OC(=Cc1cn(C)c3ccccc13)C2=O. The Morgan fingerprint density at radius 1 is 1.00 bits per heavy atom. The van der Waals surface area contributed by atoms with Gasteiger partial charge in [0.1, 0.15) is 18.1 Å². The van der Waals surface area contributed by atoms with Crippen molar-refractivity contribution >= 4 is 28.8 Å². The Balaban J connectivity index is 1.37. The quantitative estimate of drug-likeness (QED) is 0.361. The summed E-state index contributed by atoms with van der Waals surface area (Å²) in [4.78, 5) is 13.0. The molecule has 4 heteroatoms. The summed E-state index contributed by atoms with van der Waals surface area (Å²) < 4.78 is 14.0. The molecule has 5 rings (SSSR count). The van der Waals surface area contributed by atoms with Crippen LogP contribution >= 0.6 is 0 Å². The molecule has 158 valence electrons. The predicted molar refractivity (Wildman–Crippen MR) is 128 cm³/mol. The standard InChI is InChI=1S/C28H23NO3/c1-19-25(31-16-8-11-20-9-4-3-5-10-20)15-14-23-27(30)26(32-28(19)23)17-21-18-29(2)24-13-7-6-12-22(21)24/h3-15,17-18H,16H2,1-2H3. The first-order chi connectivity index (χ1) is 15.6. The predicted octanol–water partition coefficient (Wildman–Crippen LogP) is 6.20. The van der Waals surface area contributed by atoms with E-state index >= 15 is 0 Å². The van der Waals surface area contributed by atoms with Gasteiger partial charge in [-0.15, -0.1) is 0 Å². The number of aromatic nitrogens is 1. The first-order valence-corrected chi connectivity index (χ1v) is 10.6. The topological polar surface area (TPSA) is 40.5 Å². The maximum Gasteiger partial charge on any atom is 0.231 e. The Kier molecular flexibility index (Phi) is 5.12. The van der Waals surface area contributed by atoms with Crippen molar-refractivity contribution in [2.75, 3.05) is 6.61 Å². The van der Waals surface area contributed by atoms with Crippen LogP contribution in [0.1, 0.15) is 27.0 Å². The number of allylic oxidation sites excluding steroid dienone is 1. The van der Waals surface area contributed by atoms with Crippen molar-refractivity contribution < 1.29 is 14.3 Å². The third-order valence-electron chi connectivity index (χ3n) is 5.70. The first kappa shape index (κ1) is 19.9. The highest BCUT2D eigenvalue weighted by Gasteiger charge is 2.30. The van der Waals surface area contributed by atoms with Crippen molar-refractivity contribution in [2.45, 2.75) is 6.92 Å². The van der Waals surface area contributed by atoms with Crippen molar-refractivity contribution in [3.63, 3.8) is 0 Å². The lowest BCUT2D eigenvalue weighted by molar-refractivity contribution is 0.101. The molecule has 1 aromatic heterocycles. The van der Waals surface area contributed by atoms with E-state index in [-0.39, 0.29) is 5.78 Å². The Labute approximate surface area is 187 Å².